The predicted molar refractivity (Wildman–Crippen MR) is 152 cm³/mol. The quantitative estimate of drug-likeness (QED) is 0.0895. The van der Waals surface area contributed by atoms with E-state index >= 15 is 0 Å². The van der Waals surface area contributed by atoms with Crippen LogP contribution < -0.4 is 9.47 Å². The summed E-state index contributed by atoms with van der Waals surface area (Å²) in [5.41, 5.74) is 3.42. The lowest BCUT2D eigenvalue weighted by Crippen LogP contribution is -2.07. The molecule has 0 fully saturated rings. The molecular weight excluding hydrogens is 551 g/mol. The van der Waals surface area contributed by atoms with E-state index in [1.165, 1.54) is 0 Å². The number of carboxylic acids is 2. The number of ether oxygens (including phenoxy) is 2. The highest BCUT2D eigenvalue weighted by Crippen LogP contribution is 2.28. The van der Waals surface area contributed by atoms with Gasteiger partial charge in [0.25, 0.3) is 0 Å². The van der Waals surface area contributed by atoms with Crippen LogP contribution in [0.4, 0.5) is 13.2 Å². The van der Waals surface area contributed by atoms with E-state index in [1.807, 2.05) is 54.6 Å². The number of hydrogen-bond acceptors (Lipinski definition) is 4. The molecule has 3 aromatic carbocycles. The van der Waals surface area contributed by atoms with E-state index in [0.29, 0.717) is 44.1 Å². The normalized spacial score (nSPS) is 11.3. The van der Waals surface area contributed by atoms with Crippen molar-refractivity contribution >= 4 is 35.0 Å². The van der Waals surface area contributed by atoms with Crippen LogP contribution >= 0.6 is 0 Å². The minimum Gasteiger partial charge on any atom is -0.494 e. The van der Waals surface area contributed by atoms with E-state index in [4.69, 9.17) is 14.6 Å². The zero-order valence-electron chi connectivity index (χ0n) is 22.7. The molecule has 4 rings (SSSR count). The molecule has 0 aliphatic heterocycles. The summed E-state index contributed by atoms with van der Waals surface area (Å²) in [6, 6.07) is 14.4. The average Bonchev–Trinajstić information content (AvgIpc) is 3.29. The second kappa shape index (κ2) is 14.2. The number of fused-ring (bicyclic) bond motifs is 1. The van der Waals surface area contributed by atoms with Crippen LogP contribution in [0.3, 0.4) is 0 Å². The first-order valence-electron chi connectivity index (χ1n) is 13.4. The van der Waals surface area contributed by atoms with E-state index < -0.39 is 35.1 Å². The van der Waals surface area contributed by atoms with Crippen molar-refractivity contribution in [2.75, 3.05) is 13.2 Å². The highest BCUT2D eigenvalue weighted by atomic mass is 19.2. The molecule has 0 unspecified atom stereocenters. The molecule has 0 atom stereocenters. The first-order valence-corrected chi connectivity index (χ1v) is 13.4. The number of carbonyl (C=O) groups is 2. The van der Waals surface area contributed by atoms with Gasteiger partial charge in [-0.25, -0.2) is 8.78 Å². The van der Waals surface area contributed by atoms with Gasteiger partial charge in [-0.1, -0.05) is 42.5 Å². The maximum atomic E-state index is 13.6. The van der Waals surface area contributed by atoms with E-state index in [0.717, 1.165) is 33.7 Å². The van der Waals surface area contributed by atoms with Crippen molar-refractivity contribution in [3.8, 4) is 11.5 Å². The highest BCUT2D eigenvalue weighted by Gasteiger charge is 2.14. The van der Waals surface area contributed by atoms with E-state index in [1.54, 1.807) is 10.8 Å². The summed E-state index contributed by atoms with van der Waals surface area (Å²) >= 11 is 0. The van der Waals surface area contributed by atoms with Crippen molar-refractivity contribution in [1.82, 2.24) is 4.57 Å². The molecule has 2 N–H and O–H groups in total. The Morgan fingerprint density at radius 1 is 0.857 bits per heavy atom. The standard InChI is InChI=1S/C32H30F3NO6/c33-24-17-27(34)31(35)28(18-24)42-16-2-1-15-41-25-13-10-21(11-14-25)9-12-22-5-3-7-26-23(6-4-8-29(37)38)19-36(32(22)26)20-30(39)40/h3,5,7,9-14,17-19H,1-2,4,6,8,15-16,20H2,(H,37,38)(H,39,40). The topological polar surface area (TPSA) is 98.0 Å². The molecule has 0 spiro atoms. The number of aromatic nitrogens is 1. The van der Waals surface area contributed by atoms with Crippen LogP contribution in [0.15, 0.2) is 60.8 Å². The molecule has 7 nitrogen and oxygen atoms in total. The molecule has 0 bridgehead atoms. The second-order valence-corrected chi connectivity index (χ2v) is 9.67. The number of aryl methyl sites for hydroxylation is 1. The molecule has 1 heterocycles. The van der Waals surface area contributed by atoms with E-state index in [9.17, 15) is 27.9 Å². The van der Waals surface area contributed by atoms with Crippen LogP contribution in [0.25, 0.3) is 23.1 Å². The van der Waals surface area contributed by atoms with Crippen LogP contribution in [0.1, 0.15) is 42.4 Å². The Morgan fingerprint density at radius 2 is 1.60 bits per heavy atom. The molecule has 0 aliphatic rings. The third kappa shape index (κ3) is 8.15. The van der Waals surface area contributed by atoms with Gasteiger partial charge < -0.3 is 24.3 Å². The first-order chi connectivity index (χ1) is 20.2. The second-order valence-electron chi connectivity index (χ2n) is 9.67. The summed E-state index contributed by atoms with van der Waals surface area (Å²) in [5, 5.41) is 19.3. The zero-order chi connectivity index (χ0) is 30.1. The largest absolute Gasteiger partial charge is 0.494 e. The maximum absolute atomic E-state index is 13.6. The number of rotatable bonds is 15. The number of benzene rings is 3. The average molecular weight is 582 g/mol. The third-order valence-electron chi connectivity index (χ3n) is 6.51. The highest BCUT2D eigenvalue weighted by molar-refractivity contribution is 5.94. The van der Waals surface area contributed by atoms with Crippen molar-refractivity contribution in [1.29, 1.82) is 0 Å². The van der Waals surface area contributed by atoms with Gasteiger partial charge in [-0.2, -0.15) is 4.39 Å². The number of para-hydroxylation sites is 1. The Hall–Kier alpha value is -4.73. The van der Waals surface area contributed by atoms with Crippen molar-refractivity contribution in [3.05, 3.63) is 94.9 Å². The van der Waals surface area contributed by atoms with Crippen LogP contribution in [-0.4, -0.2) is 39.9 Å². The van der Waals surface area contributed by atoms with Gasteiger partial charge in [0.05, 0.1) is 18.7 Å². The van der Waals surface area contributed by atoms with Crippen LogP contribution in [0.2, 0.25) is 0 Å². The lowest BCUT2D eigenvalue weighted by Gasteiger charge is -2.09. The van der Waals surface area contributed by atoms with Gasteiger partial charge in [-0.3, -0.25) is 9.59 Å². The molecule has 220 valence electrons. The smallest absolute Gasteiger partial charge is 0.323 e. The minimum absolute atomic E-state index is 0.0411. The number of carboxylic acid groups (broad SMARTS) is 2. The van der Waals surface area contributed by atoms with Crippen molar-refractivity contribution in [2.24, 2.45) is 0 Å². The lowest BCUT2D eigenvalue weighted by molar-refractivity contribution is -0.138. The molecule has 0 radical (unpaired) electrons. The van der Waals surface area contributed by atoms with Gasteiger partial charge in [0.15, 0.2) is 11.6 Å². The van der Waals surface area contributed by atoms with E-state index in [-0.39, 0.29) is 19.6 Å². The first kappa shape index (κ1) is 30.2. The third-order valence-corrected chi connectivity index (χ3v) is 6.51. The lowest BCUT2D eigenvalue weighted by atomic mass is 10.0. The van der Waals surface area contributed by atoms with Crippen LogP contribution in [0, 0.1) is 17.5 Å². The summed E-state index contributed by atoms with van der Waals surface area (Å²) in [7, 11) is 0. The van der Waals surface area contributed by atoms with Gasteiger partial charge in [0.2, 0.25) is 5.82 Å². The number of unbranched alkanes of at least 4 members (excludes halogenated alkanes) is 1. The molecular formula is C32H30F3NO6. The van der Waals surface area contributed by atoms with Gasteiger partial charge in [0.1, 0.15) is 18.1 Å². The SMILES string of the molecule is O=C(O)CCCc1cn(CC(=O)O)c2c(C=Cc3ccc(OCCCCOc4cc(F)cc(F)c4F)cc3)cccc12. The Bertz CT molecular complexity index is 1580. The summed E-state index contributed by atoms with van der Waals surface area (Å²) in [6.45, 7) is 0.244. The molecule has 0 amide bonds. The summed E-state index contributed by atoms with van der Waals surface area (Å²) in [6.07, 6.45) is 7.71. The maximum Gasteiger partial charge on any atom is 0.323 e. The Labute approximate surface area is 240 Å². The summed E-state index contributed by atoms with van der Waals surface area (Å²) < 4.78 is 52.6. The van der Waals surface area contributed by atoms with Gasteiger partial charge >= 0.3 is 11.9 Å². The van der Waals surface area contributed by atoms with E-state index in [2.05, 4.69) is 0 Å². The Morgan fingerprint density at radius 3 is 2.31 bits per heavy atom. The van der Waals surface area contributed by atoms with Crippen LogP contribution in [0.5, 0.6) is 11.5 Å². The van der Waals surface area contributed by atoms with Crippen molar-refractivity contribution < 1.29 is 42.4 Å². The number of nitrogens with zero attached hydrogens (tertiary/aromatic N) is 1. The molecule has 10 heteroatoms. The monoisotopic (exact) mass is 581 g/mol. The summed E-state index contributed by atoms with van der Waals surface area (Å²) in [5.74, 6) is -5.07. The zero-order valence-corrected chi connectivity index (χ0v) is 22.7. The summed E-state index contributed by atoms with van der Waals surface area (Å²) in [4.78, 5) is 22.4. The fraction of sp³-hybridized carbons (Fsp3) is 0.250. The van der Waals surface area contributed by atoms with Gasteiger partial charge in [-0.05, 0) is 54.5 Å². The Kier molecular flexibility index (Phi) is 10.3. The van der Waals surface area contributed by atoms with Gasteiger partial charge in [0, 0.05) is 30.1 Å². The molecule has 42 heavy (non-hydrogen) atoms. The number of halogens is 3. The molecule has 1 aromatic heterocycles. The van der Waals surface area contributed by atoms with Crippen molar-refractivity contribution in [3.63, 3.8) is 0 Å². The molecule has 0 aliphatic carbocycles. The molecule has 4 aromatic rings. The number of hydrogen-bond donors (Lipinski definition) is 2. The number of aliphatic carboxylic acids is 2. The fourth-order valence-corrected chi connectivity index (χ4v) is 4.57. The Balaban J connectivity index is 1.33. The molecule has 0 saturated carbocycles. The predicted octanol–water partition coefficient (Wildman–Crippen LogP) is 6.96. The minimum atomic E-state index is -1.30. The molecule has 0 saturated heterocycles. The van der Waals surface area contributed by atoms with Crippen LogP contribution in [-0.2, 0) is 22.6 Å². The fourth-order valence-electron chi connectivity index (χ4n) is 4.57. The van der Waals surface area contributed by atoms with Crippen molar-refractivity contribution in [2.45, 2.75) is 38.6 Å². The van der Waals surface area contributed by atoms with Gasteiger partial charge in [-0.15, -0.1) is 0 Å².